The SMILES string of the molecule is CCCNC(=O)c1ccc2[nH]c(C)cc2c1. The fraction of sp³-hybridized carbons (Fsp3) is 0.308. The predicted octanol–water partition coefficient (Wildman–Crippen LogP) is 2.62. The molecule has 84 valence electrons. The number of benzene rings is 1. The Kier molecular flexibility index (Phi) is 2.95. The summed E-state index contributed by atoms with van der Waals surface area (Å²) in [6.45, 7) is 4.78. The molecule has 0 aliphatic carbocycles. The first-order valence-corrected chi connectivity index (χ1v) is 5.58. The van der Waals surface area contributed by atoms with Gasteiger partial charge in [-0.3, -0.25) is 4.79 Å². The van der Waals surface area contributed by atoms with Gasteiger partial charge in [-0.25, -0.2) is 0 Å². The zero-order valence-electron chi connectivity index (χ0n) is 9.63. The molecule has 0 saturated carbocycles. The van der Waals surface area contributed by atoms with E-state index in [1.807, 2.05) is 38.1 Å². The van der Waals surface area contributed by atoms with Gasteiger partial charge in [-0.1, -0.05) is 6.92 Å². The lowest BCUT2D eigenvalue weighted by atomic mass is 10.1. The maximum absolute atomic E-state index is 11.7. The highest BCUT2D eigenvalue weighted by molar-refractivity contribution is 5.98. The molecular formula is C13H16N2O. The summed E-state index contributed by atoms with van der Waals surface area (Å²) in [4.78, 5) is 15.0. The van der Waals surface area contributed by atoms with E-state index >= 15 is 0 Å². The second-order valence-corrected chi connectivity index (χ2v) is 4.01. The molecule has 0 fully saturated rings. The van der Waals surface area contributed by atoms with Crippen LogP contribution in [-0.2, 0) is 0 Å². The summed E-state index contributed by atoms with van der Waals surface area (Å²) in [5.41, 5.74) is 2.91. The van der Waals surface area contributed by atoms with E-state index in [1.54, 1.807) is 0 Å². The number of amides is 1. The van der Waals surface area contributed by atoms with Crippen molar-refractivity contribution in [2.24, 2.45) is 0 Å². The molecule has 1 amide bonds. The average Bonchev–Trinajstić information content (AvgIpc) is 2.64. The van der Waals surface area contributed by atoms with E-state index in [1.165, 1.54) is 0 Å². The lowest BCUT2D eigenvalue weighted by Gasteiger charge is -2.03. The third-order valence-corrected chi connectivity index (χ3v) is 2.55. The Bertz CT molecular complexity index is 514. The number of rotatable bonds is 3. The van der Waals surface area contributed by atoms with Gasteiger partial charge in [0.2, 0.25) is 0 Å². The number of hydrogen-bond acceptors (Lipinski definition) is 1. The molecule has 0 atom stereocenters. The van der Waals surface area contributed by atoms with E-state index in [0.29, 0.717) is 0 Å². The zero-order chi connectivity index (χ0) is 11.5. The van der Waals surface area contributed by atoms with Crippen LogP contribution >= 0.6 is 0 Å². The number of aryl methyl sites for hydroxylation is 1. The Labute approximate surface area is 94.9 Å². The highest BCUT2D eigenvalue weighted by Crippen LogP contribution is 2.16. The van der Waals surface area contributed by atoms with Gasteiger partial charge in [0.25, 0.3) is 5.91 Å². The Morgan fingerprint density at radius 3 is 2.94 bits per heavy atom. The van der Waals surface area contributed by atoms with Gasteiger partial charge in [0, 0.05) is 28.7 Å². The Morgan fingerprint density at radius 1 is 1.38 bits per heavy atom. The van der Waals surface area contributed by atoms with Crippen LogP contribution in [0.15, 0.2) is 24.3 Å². The van der Waals surface area contributed by atoms with E-state index in [2.05, 4.69) is 10.3 Å². The number of hydrogen-bond donors (Lipinski definition) is 2. The Morgan fingerprint density at radius 2 is 2.19 bits per heavy atom. The summed E-state index contributed by atoms with van der Waals surface area (Å²) in [5, 5.41) is 3.96. The van der Waals surface area contributed by atoms with E-state index in [-0.39, 0.29) is 5.91 Å². The lowest BCUT2D eigenvalue weighted by molar-refractivity contribution is 0.0954. The van der Waals surface area contributed by atoms with Crippen LogP contribution in [0.1, 0.15) is 29.4 Å². The molecule has 0 saturated heterocycles. The molecule has 2 rings (SSSR count). The largest absolute Gasteiger partial charge is 0.359 e. The molecule has 0 aliphatic heterocycles. The maximum atomic E-state index is 11.7. The fourth-order valence-electron chi connectivity index (χ4n) is 1.76. The first-order chi connectivity index (χ1) is 7.70. The molecule has 1 aromatic carbocycles. The molecule has 2 N–H and O–H groups in total. The van der Waals surface area contributed by atoms with Crippen molar-refractivity contribution in [3.63, 3.8) is 0 Å². The second-order valence-electron chi connectivity index (χ2n) is 4.01. The van der Waals surface area contributed by atoms with Gasteiger partial charge in [-0.05, 0) is 37.6 Å². The molecular weight excluding hydrogens is 200 g/mol. The number of fused-ring (bicyclic) bond motifs is 1. The van der Waals surface area contributed by atoms with Crippen LogP contribution in [0, 0.1) is 6.92 Å². The van der Waals surface area contributed by atoms with Crippen molar-refractivity contribution in [1.29, 1.82) is 0 Å². The molecule has 0 spiro atoms. The summed E-state index contributed by atoms with van der Waals surface area (Å²) >= 11 is 0. The third-order valence-electron chi connectivity index (χ3n) is 2.55. The summed E-state index contributed by atoms with van der Waals surface area (Å²) in [5.74, 6) is 0.00241. The van der Waals surface area contributed by atoms with Crippen LogP contribution in [0.3, 0.4) is 0 Å². The minimum absolute atomic E-state index is 0.00241. The molecule has 3 nitrogen and oxygen atoms in total. The van der Waals surface area contributed by atoms with E-state index in [9.17, 15) is 4.79 Å². The van der Waals surface area contributed by atoms with Crippen molar-refractivity contribution >= 4 is 16.8 Å². The molecule has 1 heterocycles. The quantitative estimate of drug-likeness (QED) is 0.813. The minimum Gasteiger partial charge on any atom is -0.359 e. The minimum atomic E-state index is 0.00241. The average molecular weight is 216 g/mol. The van der Waals surface area contributed by atoms with Crippen molar-refractivity contribution in [1.82, 2.24) is 10.3 Å². The number of aromatic amines is 1. The van der Waals surface area contributed by atoms with E-state index < -0.39 is 0 Å². The molecule has 1 aromatic heterocycles. The standard InChI is InChI=1S/C13H16N2O/c1-3-6-14-13(16)10-4-5-12-11(8-10)7-9(2)15-12/h4-5,7-8,15H,3,6H2,1-2H3,(H,14,16). The number of carbonyl (C=O) groups excluding carboxylic acids is 1. The van der Waals surface area contributed by atoms with Crippen molar-refractivity contribution in [3.8, 4) is 0 Å². The highest BCUT2D eigenvalue weighted by atomic mass is 16.1. The number of H-pyrrole nitrogens is 1. The smallest absolute Gasteiger partial charge is 0.251 e. The second kappa shape index (κ2) is 4.39. The first kappa shape index (κ1) is 10.7. The molecule has 0 radical (unpaired) electrons. The van der Waals surface area contributed by atoms with Crippen LogP contribution in [0.25, 0.3) is 10.9 Å². The van der Waals surface area contributed by atoms with Gasteiger partial charge in [0.05, 0.1) is 0 Å². The monoisotopic (exact) mass is 216 g/mol. The van der Waals surface area contributed by atoms with Crippen LogP contribution in [-0.4, -0.2) is 17.4 Å². The van der Waals surface area contributed by atoms with Gasteiger partial charge in [0.1, 0.15) is 0 Å². The van der Waals surface area contributed by atoms with Crippen LogP contribution in [0.2, 0.25) is 0 Å². The van der Waals surface area contributed by atoms with Crippen LogP contribution in [0.5, 0.6) is 0 Å². The van der Waals surface area contributed by atoms with Gasteiger partial charge in [-0.2, -0.15) is 0 Å². The third kappa shape index (κ3) is 2.08. The molecule has 0 unspecified atom stereocenters. The highest BCUT2D eigenvalue weighted by Gasteiger charge is 2.06. The van der Waals surface area contributed by atoms with Crippen molar-refractivity contribution in [3.05, 3.63) is 35.5 Å². The van der Waals surface area contributed by atoms with Gasteiger partial charge >= 0.3 is 0 Å². The first-order valence-electron chi connectivity index (χ1n) is 5.58. The molecule has 3 heteroatoms. The summed E-state index contributed by atoms with van der Waals surface area (Å²) < 4.78 is 0. The van der Waals surface area contributed by atoms with Crippen molar-refractivity contribution in [2.45, 2.75) is 20.3 Å². The molecule has 0 bridgehead atoms. The molecule has 2 aromatic rings. The Hall–Kier alpha value is -1.77. The maximum Gasteiger partial charge on any atom is 0.251 e. The van der Waals surface area contributed by atoms with E-state index in [4.69, 9.17) is 0 Å². The summed E-state index contributed by atoms with van der Waals surface area (Å²) in [6.07, 6.45) is 0.956. The normalized spacial score (nSPS) is 10.6. The van der Waals surface area contributed by atoms with Crippen molar-refractivity contribution in [2.75, 3.05) is 6.54 Å². The number of carbonyl (C=O) groups is 1. The van der Waals surface area contributed by atoms with Gasteiger partial charge < -0.3 is 10.3 Å². The topological polar surface area (TPSA) is 44.9 Å². The van der Waals surface area contributed by atoms with Gasteiger partial charge in [-0.15, -0.1) is 0 Å². The zero-order valence-corrected chi connectivity index (χ0v) is 9.63. The van der Waals surface area contributed by atoms with Crippen molar-refractivity contribution < 1.29 is 4.79 Å². The van der Waals surface area contributed by atoms with Crippen LogP contribution in [0.4, 0.5) is 0 Å². The Balaban J connectivity index is 2.28. The van der Waals surface area contributed by atoms with Gasteiger partial charge in [0.15, 0.2) is 0 Å². The fourth-order valence-corrected chi connectivity index (χ4v) is 1.76. The summed E-state index contributed by atoms with van der Waals surface area (Å²) in [7, 11) is 0. The van der Waals surface area contributed by atoms with Crippen LogP contribution < -0.4 is 5.32 Å². The van der Waals surface area contributed by atoms with E-state index in [0.717, 1.165) is 35.1 Å². The molecule has 0 aliphatic rings. The predicted molar refractivity (Wildman–Crippen MR) is 65.7 cm³/mol. The summed E-state index contributed by atoms with van der Waals surface area (Å²) in [6, 6.07) is 7.77. The number of nitrogens with one attached hydrogen (secondary N) is 2. The number of aromatic nitrogens is 1. The lowest BCUT2D eigenvalue weighted by Crippen LogP contribution is -2.23. The molecule has 16 heavy (non-hydrogen) atoms.